The number of sulfonamides is 1. The molecule has 150 valence electrons. The molecule has 0 radical (unpaired) electrons. The number of thioether (sulfide) groups is 1. The van der Waals surface area contributed by atoms with Crippen molar-refractivity contribution in [2.75, 3.05) is 15.8 Å². The topological polar surface area (TPSA) is 75.3 Å². The van der Waals surface area contributed by atoms with Crippen LogP contribution in [0.1, 0.15) is 5.56 Å². The summed E-state index contributed by atoms with van der Waals surface area (Å²) in [5.74, 6) is 0.126. The van der Waals surface area contributed by atoms with Gasteiger partial charge in [0.1, 0.15) is 0 Å². The van der Waals surface area contributed by atoms with Crippen LogP contribution in [0.3, 0.4) is 0 Å². The van der Waals surface area contributed by atoms with Crippen molar-refractivity contribution in [2.45, 2.75) is 16.7 Å². The normalized spacial score (nSPS) is 11.1. The molecule has 5 nitrogen and oxygen atoms in total. The van der Waals surface area contributed by atoms with Crippen molar-refractivity contribution in [3.05, 3.63) is 82.8 Å². The van der Waals surface area contributed by atoms with Crippen LogP contribution >= 0.6 is 27.7 Å². The maximum absolute atomic E-state index is 12.4. The van der Waals surface area contributed by atoms with Crippen LogP contribution in [0.2, 0.25) is 0 Å². The summed E-state index contributed by atoms with van der Waals surface area (Å²) in [4.78, 5) is 13.2. The first-order chi connectivity index (χ1) is 13.8. The van der Waals surface area contributed by atoms with Crippen molar-refractivity contribution >= 4 is 55.0 Å². The molecule has 0 bridgehead atoms. The minimum atomic E-state index is -3.63. The van der Waals surface area contributed by atoms with Gasteiger partial charge < -0.3 is 5.32 Å². The number of rotatable bonds is 7. The average Bonchev–Trinajstić information content (AvgIpc) is 2.69. The Kier molecular flexibility index (Phi) is 7.00. The van der Waals surface area contributed by atoms with E-state index in [2.05, 4.69) is 26.0 Å². The largest absolute Gasteiger partial charge is 0.324 e. The number of nitrogens with one attached hydrogen (secondary N) is 2. The van der Waals surface area contributed by atoms with E-state index < -0.39 is 10.0 Å². The van der Waals surface area contributed by atoms with Crippen LogP contribution in [0.4, 0.5) is 11.4 Å². The molecule has 0 aliphatic heterocycles. The van der Waals surface area contributed by atoms with Crippen molar-refractivity contribution in [3.63, 3.8) is 0 Å². The molecule has 3 rings (SSSR count). The maximum atomic E-state index is 12.4. The van der Waals surface area contributed by atoms with E-state index in [9.17, 15) is 13.2 Å². The van der Waals surface area contributed by atoms with E-state index >= 15 is 0 Å². The van der Waals surface area contributed by atoms with Gasteiger partial charge in [-0.15, -0.1) is 11.8 Å². The zero-order chi connectivity index (χ0) is 20.9. The SMILES string of the molecule is Cc1ccc(S(=O)(=O)Nc2ccc(SCC(=O)Nc3ccccc3Br)cc2)cc1. The monoisotopic (exact) mass is 490 g/mol. The Balaban J connectivity index is 1.56. The Labute approximate surface area is 183 Å². The molecule has 0 aromatic heterocycles. The highest BCUT2D eigenvalue weighted by molar-refractivity contribution is 9.10. The van der Waals surface area contributed by atoms with Gasteiger partial charge in [-0.25, -0.2) is 8.42 Å². The lowest BCUT2D eigenvalue weighted by molar-refractivity contribution is -0.113. The Morgan fingerprint density at radius 3 is 2.28 bits per heavy atom. The number of anilines is 2. The molecule has 0 fully saturated rings. The molecule has 0 unspecified atom stereocenters. The first-order valence-corrected chi connectivity index (χ1v) is 12.0. The summed E-state index contributed by atoms with van der Waals surface area (Å²) >= 11 is 4.77. The van der Waals surface area contributed by atoms with Gasteiger partial charge >= 0.3 is 0 Å². The minimum Gasteiger partial charge on any atom is -0.324 e. The second kappa shape index (κ2) is 9.47. The zero-order valence-corrected chi connectivity index (χ0v) is 18.8. The Bertz CT molecular complexity index is 1100. The van der Waals surface area contributed by atoms with Crippen LogP contribution in [-0.4, -0.2) is 20.1 Å². The van der Waals surface area contributed by atoms with Crippen LogP contribution in [0.25, 0.3) is 0 Å². The van der Waals surface area contributed by atoms with Crippen LogP contribution < -0.4 is 10.0 Å². The molecule has 0 saturated carbocycles. The Morgan fingerprint density at radius 1 is 0.966 bits per heavy atom. The van der Waals surface area contributed by atoms with Crippen molar-refractivity contribution in [2.24, 2.45) is 0 Å². The molecule has 1 amide bonds. The van der Waals surface area contributed by atoms with Crippen LogP contribution in [-0.2, 0) is 14.8 Å². The summed E-state index contributed by atoms with van der Waals surface area (Å²) in [6.07, 6.45) is 0. The summed E-state index contributed by atoms with van der Waals surface area (Å²) in [7, 11) is -3.63. The van der Waals surface area contributed by atoms with Gasteiger partial charge in [0.05, 0.1) is 16.3 Å². The van der Waals surface area contributed by atoms with Crippen LogP contribution in [0.15, 0.2) is 87.1 Å². The maximum Gasteiger partial charge on any atom is 0.261 e. The number of aryl methyl sites for hydroxylation is 1. The van der Waals surface area contributed by atoms with Crippen molar-refractivity contribution < 1.29 is 13.2 Å². The van der Waals surface area contributed by atoms with Gasteiger partial charge in [0.25, 0.3) is 10.0 Å². The van der Waals surface area contributed by atoms with Gasteiger partial charge in [-0.2, -0.15) is 0 Å². The molecule has 8 heteroatoms. The van der Waals surface area contributed by atoms with Gasteiger partial charge in [0, 0.05) is 15.1 Å². The number of para-hydroxylation sites is 1. The molecule has 0 aliphatic carbocycles. The van der Waals surface area contributed by atoms with Crippen molar-refractivity contribution in [3.8, 4) is 0 Å². The predicted octanol–water partition coefficient (Wildman–Crippen LogP) is 5.29. The Hall–Kier alpha value is -2.29. The fraction of sp³-hybridized carbons (Fsp3) is 0.0952. The lowest BCUT2D eigenvalue weighted by Crippen LogP contribution is -2.14. The van der Waals surface area contributed by atoms with E-state index in [4.69, 9.17) is 0 Å². The van der Waals surface area contributed by atoms with E-state index in [0.29, 0.717) is 5.69 Å². The molecule has 2 N–H and O–H groups in total. The quantitative estimate of drug-likeness (QED) is 0.441. The summed E-state index contributed by atoms with van der Waals surface area (Å²) in [5.41, 5.74) is 2.18. The first-order valence-electron chi connectivity index (χ1n) is 8.70. The summed E-state index contributed by atoms with van der Waals surface area (Å²) in [6, 6.07) is 21.0. The van der Waals surface area contributed by atoms with Crippen LogP contribution in [0, 0.1) is 6.92 Å². The third kappa shape index (κ3) is 6.09. The van der Waals surface area contributed by atoms with Gasteiger partial charge in [-0.3, -0.25) is 9.52 Å². The highest BCUT2D eigenvalue weighted by Crippen LogP contribution is 2.24. The van der Waals surface area contributed by atoms with Crippen LogP contribution in [0.5, 0.6) is 0 Å². The molecule has 29 heavy (non-hydrogen) atoms. The third-order valence-electron chi connectivity index (χ3n) is 3.96. The first kappa shape index (κ1) is 21.4. The molecule has 0 heterocycles. The number of hydrogen-bond acceptors (Lipinski definition) is 4. The number of carbonyl (C=O) groups excluding carboxylic acids is 1. The number of benzene rings is 3. The standard InChI is InChI=1S/C21H19BrN2O3S2/c1-15-6-12-18(13-7-15)29(26,27)24-16-8-10-17(11-9-16)28-14-21(25)23-20-5-3-2-4-19(20)22/h2-13,24H,14H2,1H3,(H,23,25). The smallest absolute Gasteiger partial charge is 0.261 e. The van der Waals surface area contributed by atoms with E-state index in [-0.39, 0.29) is 16.6 Å². The fourth-order valence-electron chi connectivity index (χ4n) is 2.45. The third-order valence-corrected chi connectivity index (χ3v) is 7.06. The molecule has 0 atom stereocenters. The molecular weight excluding hydrogens is 472 g/mol. The van der Waals surface area contributed by atoms with E-state index in [1.165, 1.54) is 11.8 Å². The Morgan fingerprint density at radius 2 is 1.62 bits per heavy atom. The van der Waals surface area contributed by atoms with Gasteiger partial charge in [-0.05, 0) is 71.4 Å². The van der Waals surface area contributed by atoms with Gasteiger partial charge in [-0.1, -0.05) is 29.8 Å². The molecule has 0 aliphatic rings. The lowest BCUT2D eigenvalue weighted by Gasteiger charge is -2.09. The second-order valence-corrected chi connectivity index (χ2v) is 9.85. The molecule has 3 aromatic carbocycles. The molecular formula is C21H19BrN2O3S2. The summed E-state index contributed by atoms with van der Waals surface area (Å²) in [6.45, 7) is 1.90. The summed E-state index contributed by atoms with van der Waals surface area (Å²) < 4.78 is 28.3. The summed E-state index contributed by atoms with van der Waals surface area (Å²) in [5, 5.41) is 2.85. The van der Waals surface area contributed by atoms with Gasteiger partial charge in [0.15, 0.2) is 0 Å². The van der Waals surface area contributed by atoms with E-state index in [1.807, 2.05) is 31.2 Å². The molecule has 0 saturated heterocycles. The lowest BCUT2D eigenvalue weighted by atomic mass is 10.2. The fourth-order valence-corrected chi connectivity index (χ4v) is 4.59. The number of hydrogen-bond donors (Lipinski definition) is 2. The second-order valence-electron chi connectivity index (χ2n) is 6.26. The molecule has 0 spiro atoms. The highest BCUT2D eigenvalue weighted by atomic mass is 79.9. The average molecular weight is 491 g/mol. The van der Waals surface area contributed by atoms with E-state index in [0.717, 1.165) is 20.6 Å². The van der Waals surface area contributed by atoms with Crippen molar-refractivity contribution in [1.29, 1.82) is 0 Å². The number of carbonyl (C=O) groups is 1. The minimum absolute atomic E-state index is 0.119. The number of halogens is 1. The van der Waals surface area contributed by atoms with E-state index in [1.54, 1.807) is 48.5 Å². The number of amides is 1. The molecule has 3 aromatic rings. The predicted molar refractivity (Wildman–Crippen MR) is 122 cm³/mol. The zero-order valence-electron chi connectivity index (χ0n) is 15.6. The highest BCUT2D eigenvalue weighted by Gasteiger charge is 2.14. The van der Waals surface area contributed by atoms with Crippen molar-refractivity contribution in [1.82, 2.24) is 0 Å². The van der Waals surface area contributed by atoms with Gasteiger partial charge in [0.2, 0.25) is 5.91 Å².